The van der Waals surface area contributed by atoms with E-state index in [1.165, 1.54) is 0 Å². The summed E-state index contributed by atoms with van der Waals surface area (Å²) in [5.41, 5.74) is 1.52. The van der Waals surface area contributed by atoms with Crippen LogP contribution in [0.4, 0.5) is 0 Å². The van der Waals surface area contributed by atoms with Crippen molar-refractivity contribution in [1.29, 1.82) is 0 Å². The van der Waals surface area contributed by atoms with Crippen molar-refractivity contribution in [3.8, 4) is 0 Å². The van der Waals surface area contributed by atoms with Gasteiger partial charge in [-0.15, -0.1) is 0 Å². The second-order valence-electron chi connectivity index (χ2n) is 15.0. The van der Waals surface area contributed by atoms with Crippen LogP contribution in [0, 0.1) is 0 Å². The topological polar surface area (TPSA) is 171 Å². The second kappa shape index (κ2) is 30.1. The highest BCUT2D eigenvalue weighted by Gasteiger charge is 2.33. The van der Waals surface area contributed by atoms with E-state index >= 15 is 0 Å². The van der Waals surface area contributed by atoms with Crippen LogP contribution in [0.2, 0.25) is 0 Å². The zero-order valence-electron chi connectivity index (χ0n) is 35.7. The maximum atomic E-state index is 14.8. The minimum Gasteiger partial charge on any atom is -0.345 e. The number of pyridine rings is 3. The average molecular weight is 837 g/mol. The first-order valence-corrected chi connectivity index (χ1v) is 23.4. The Morgan fingerprint density at radius 2 is 0.763 bits per heavy atom. The van der Waals surface area contributed by atoms with E-state index < -0.39 is 25.9 Å². The van der Waals surface area contributed by atoms with Gasteiger partial charge in [-0.2, -0.15) is 0 Å². The standard InChI is InChI=1S/C45H69N6O7P/c1-4-7-10-13-16-28-43(52)49-40(37-25-19-22-31-46-37)34-56-59(55,57-35-41(38-26-20-23-32-47-38)50-44(53)29-17-14-11-8-5-2)58-36-42(39-27-21-24-33-48-39)51-45(54)30-18-15-12-9-6-3/h19-27,31-33,40-42H,4-18,28-30,34-36H2,1-3H3,(H,49,52)(H,50,53)(H,51,54). The predicted molar refractivity (Wildman–Crippen MR) is 231 cm³/mol. The molecule has 13 nitrogen and oxygen atoms in total. The van der Waals surface area contributed by atoms with Gasteiger partial charge in [-0.1, -0.05) is 116 Å². The highest BCUT2D eigenvalue weighted by Crippen LogP contribution is 2.51. The smallest absolute Gasteiger partial charge is 0.345 e. The molecule has 3 aromatic rings. The summed E-state index contributed by atoms with van der Waals surface area (Å²) in [6.45, 7) is 5.54. The number of phosphoric acid groups is 1. The van der Waals surface area contributed by atoms with Crippen molar-refractivity contribution in [2.75, 3.05) is 19.8 Å². The van der Waals surface area contributed by atoms with E-state index in [0.717, 1.165) is 96.3 Å². The third-order valence-corrected chi connectivity index (χ3v) is 11.3. The molecule has 0 saturated heterocycles. The lowest BCUT2D eigenvalue weighted by Gasteiger charge is -2.26. The number of rotatable bonds is 33. The summed E-state index contributed by atoms with van der Waals surface area (Å²) < 4.78 is 33.1. The number of hydrogen-bond donors (Lipinski definition) is 3. The summed E-state index contributed by atoms with van der Waals surface area (Å²) in [6, 6.07) is 13.6. The van der Waals surface area contributed by atoms with Crippen LogP contribution in [0.15, 0.2) is 73.2 Å². The molecule has 0 aliphatic carbocycles. The highest BCUT2D eigenvalue weighted by molar-refractivity contribution is 7.48. The van der Waals surface area contributed by atoms with Gasteiger partial charge in [-0.25, -0.2) is 4.57 Å². The lowest BCUT2D eigenvalue weighted by atomic mass is 10.1. The van der Waals surface area contributed by atoms with Crippen molar-refractivity contribution in [2.45, 2.75) is 154 Å². The largest absolute Gasteiger partial charge is 0.475 e. The van der Waals surface area contributed by atoms with Gasteiger partial charge in [0.25, 0.3) is 0 Å². The van der Waals surface area contributed by atoms with Crippen molar-refractivity contribution >= 4 is 25.5 Å². The molecule has 0 spiro atoms. The zero-order chi connectivity index (χ0) is 42.4. The third-order valence-electron chi connectivity index (χ3n) is 9.86. The van der Waals surface area contributed by atoms with Crippen LogP contribution in [-0.4, -0.2) is 52.5 Å². The highest BCUT2D eigenvalue weighted by atomic mass is 31.2. The predicted octanol–water partition coefficient (Wildman–Crippen LogP) is 9.98. The molecular weight excluding hydrogens is 768 g/mol. The quantitative estimate of drug-likeness (QED) is 0.0396. The first-order chi connectivity index (χ1) is 28.8. The lowest BCUT2D eigenvalue weighted by Crippen LogP contribution is -2.34. The lowest BCUT2D eigenvalue weighted by molar-refractivity contribution is -0.123. The van der Waals surface area contributed by atoms with Crippen molar-refractivity contribution in [3.63, 3.8) is 0 Å². The van der Waals surface area contributed by atoms with Crippen LogP contribution in [-0.2, 0) is 32.5 Å². The minimum atomic E-state index is -4.51. The van der Waals surface area contributed by atoms with Gasteiger partial charge in [0, 0.05) is 37.9 Å². The summed E-state index contributed by atoms with van der Waals surface area (Å²) in [5, 5.41) is 9.01. The molecule has 3 atom stereocenters. The fourth-order valence-corrected chi connectivity index (χ4v) is 7.64. The molecule has 3 amide bonds. The Hall–Kier alpha value is -4.03. The number of phosphoric ester groups is 1. The van der Waals surface area contributed by atoms with Gasteiger partial charge in [0.05, 0.1) is 55.0 Å². The van der Waals surface area contributed by atoms with Crippen molar-refractivity contribution in [3.05, 3.63) is 90.3 Å². The Labute approximate surface area is 352 Å². The summed E-state index contributed by atoms with van der Waals surface area (Å²) in [7, 11) is -4.51. The number of hydrogen-bond acceptors (Lipinski definition) is 10. The first-order valence-electron chi connectivity index (χ1n) is 21.9. The molecule has 0 saturated carbocycles. The second-order valence-corrected chi connectivity index (χ2v) is 16.6. The van der Waals surface area contributed by atoms with Crippen LogP contribution in [0.25, 0.3) is 0 Å². The number of unbranched alkanes of at least 4 members (excludes halogenated alkanes) is 12. The molecule has 0 bridgehead atoms. The van der Waals surface area contributed by atoms with E-state index in [4.69, 9.17) is 13.6 Å². The molecular formula is C45H69N6O7P. The van der Waals surface area contributed by atoms with E-state index in [2.05, 4.69) is 51.7 Å². The number of aromatic nitrogens is 3. The van der Waals surface area contributed by atoms with Crippen molar-refractivity contribution in [1.82, 2.24) is 30.9 Å². The zero-order valence-corrected chi connectivity index (χ0v) is 36.6. The summed E-state index contributed by atoms with van der Waals surface area (Å²) in [4.78, 5) is 52.9. The molecule has 0 aliphatic heterocycles. The molecule has 0 aliphatic rings. The molecule has 326 valence electrons. The van der Waals surface area contributed by atoms with Gasteiger partial charge < -0.3 is 16.0 Å². The van der Waals surface area contributed by atoms with E-state index in [-0.39, 0.29) is 37.5 Å². The van der Waals surface area contributed by atoms with Gasteiger partial charge >= 0.3 is 7.82 Å². The average Bonchev–Trinajstić information content (AvgIpc) is 3.26. The van der Waals surface area contributed by atoms with Gasteiger partial charge in [-0.3, -0.25) is 42.9 Å². The van der Waals surface area contributed by atoms with Crippen LogP contribution in [0.3, 0.4) is 0 Å². The summed E-state index contributed by atoms with van der Waals surface area (Å²) in [6.07, 6.45) is 20.7. The van der Waals surface area contributed by atoms with Gasteiger partial charge in [-0.05, 0) is 55.7 Å². The van der Waals surface area contributed by atoms with E-state index in [1.807, 2.05) is 0 Å². The van der Waals surface area contributed by atoms with E-state index in [9.17, 15) is 18.9 Å². The molecule has 3 unspecified atom stereocenters. The number of carbonyl (C=O) groups is 3. The first kappa shape index (κ1) is 49.3. The maximum absolute atomic E-state index is 14.8. The summed E-state index contributed by atoms with van der Waals surface area (Å²) in [5.74, 6) is -0.548. The van der Waals surface area contributed by atoms with Crippen LogP contribution < -0.4 is 16.0 Å². The molecule has 0 radical (unpaired) electrons. The molecule has 3 aromatic heterocycles. The molecule has 3 N–H and O–H groups in total. The van der Waals surface area contributed by atoms with Crippen LogP contribution in [0.5, 0.6) is 0 Å². The Balaban J connectivity index is 1.85. The van der Waals surface area contributed by atoms with Crippen molar-refractivity contribution in [2.24, 2.45) is 0 Å². The monoisotopic (exact) mass is 836 g/mol. The van der Waals surface area contributed by atoms with Crippen molar-refractivity contribution < 1.29 is 32.5 Å². The number of carbonyl (C=O) groups excluding carboxylic acids is 3. The molecule has 3 rings (SSSR count). The van der Waals surface area contributed by atoms with Gasteiger partial charge in [0.1, 0.15) is 0 Å². The van der Waals surface area contributed by atoms with Gasteiger partial charge in [0.2, 0.25) is 17.7 Å². The van der Waals surface area contributed by atoms with Crippen LogP contribution in [0.1, 0.15) is 172 Å². The Bertz CT molecular complexity index is 1430. The molecule has 0 aromatic carbocycles. The Morgan fingerprint density at radius 1 is 0.475 bits per heavy atom. The minimum absolute atomic E-state index is 0.183. The normalized spacial score (nSPS) is 13.8. The molecule has 14 heteroatoms. The van der Waals surface area contributed by atoms with Crippen LogP contribution >= 0.6 is 7.82 Å². The Morgan fingerprint density at radius 3 is 1.02 bits per heavy atom. The summed E-state index contributed by atoms with van der Waals surface area (Å²) >= 11 is 0. The molecule has 59 heavy (non-hydrogen) atoms. The molecule has 3 heterocycles. The fraction of sp³-hybridized carbons (Fsp3) is 0.600. The number of amides is 3. The Kier molecular flexibility index (Phi) is 25.1. The van der Waals surface area contributed by atoms with E-state index in [0.29, 0.717) is 36.3 Å². The molecule has 0 fully saturated rings. The fourth-order valence-electron chi connectivity index (χ4n) is 6.43. The third kappa shape index (κ3) is 21.2. The number of nitrogens with one attached hydrogen (secondary N) is 3. The SMILES string of the molecule is CCCCCCCC(=O)NC(COP(=O)(OCC(NC(=O)CCCCCCC)c1ccccn1)OCC(NC(=O)CCCCCCC)c1ccccn1)c1ccccn1. The number of nitrogens with zero attached hydrogens (tertiary/aromatic N) is 3. The van der Waals surface area contributed by atoms with E-state index in [1.54, 1.807) is 73.2 Å². The van der Waals surface area contributed by atoms with Gasteiger partial charge in [0.15, 0.2) is 0 Å². The maximum Gasteiger partial charge on any atom is 0.475 e.